The van der Waals surface area contributed by atoms with E-state index < -0.39 is 0 Å². The van der Waals surface area contributed by atoms with Gasteiger partial charge in [-0.3, -0.25) is 14.8 Å². The van der Waals surface area contributed by atoms with Gasteiger partial charge in [0.05, 0.1) is 24.1 Å². The molecule has 0 aliphatic rings. The van der Waals surface area contributed by atoms with Gasteiger partial charge in [0.2, 0.25) is 5.91 Å². The van der Waals surface area contributed by atoms with Crippen LogP contribution in [0.4, 0.5) is 5.69 Å². The summed E-state index contributed by atoms with van der Waals surface area (Å²) in [6.07, 6.45) is 7.76. The third-order valence-corrected chi connectivity index (χ3v) is 4.00. The largest absolute Gasteiger partial charge is 0.356 e. The lowest BCUT2D eigenvalue weighted by Gasteiger charge is -2.12. The van der Waals surface area contributed by atoms with Crippen LogP contribution in [-0.4, -0.2) is 46.8 Å². The molecule has 0 fully saturated rings. The zero-order valence-electron chi connectivity index (χ0n) is 16.1. The van der Waals surface area contributed by atoms with Gasteiger partial charge in [0.25, 0.3) is 0 Å². The summed E-state index contributed by atoms with van der Waals surface area (Å²) in [5.74, 6) is 0.416. The van der Waals surface area contributed by atoms with Crippen molar-refractivity contribution in [1.82, 2.24) is 25.4 Å². The second kappa shape index (κ2) is 11.8. The number of amides is 1. The fourth-order valence-corrected chi connectivity index (χ4v) is 2.59. The smallest absolute Gasteiger partial charge is 0.243 e. The minimum absolute atomic E-state index is 0. The molecule has 3 rings (SSSR count). The van der Waals surface area contributed by atoms with Crippen LogP contribution in [0.3, 0.4) is 0 Å². The number of carbonyl (C=O) groups is 1. The second-order valence-corrected chi connectivity index (χ2v) is 6.01. The summed E-state index contributed by atoms with van der Waals surface area (Å²) in [4.78, 5) is 20.1. The van der Waals surface area contributed by atoms with E-state index in [1.165, 1.54) is 5.56 Å². The van der Waals surface area contributed by atoms with E-state index in [-0.39, 0.29) is 36.4 Å². The average molecular weight is 505 g/mol. The summed E-state index contributed by atoms with van der Waals surface area (Å²) in [5, 5.41) is 13.2. The Labute approximate surface area is 186 Å². The third-order valence-electron chi connectivity index (χ3n) is 4.00. The topological polar surface area (TPSA) is 96.2 Å². The van der Waals surface area contributed by atoms with E-state index in [2.05, 4.69) is 43.2 Å². The molecule has 9 heteroatoms. The fourth-order valence-electron chi connectivity index (χ4n) is 2.59. The molecular weight excluding hydrogens is 481 g/mol. The van der Waals surface area contributed by atoms with E-state index in [0.717, 1.165) is 12.1 Å². The van der Waals surface area contributed by atoms with E-state index in [1.54, 1.807) is 37.8 Å². The molecule has 0 radical (unpaired) electrons. The number of aromatic nitrogens is 3. The molecule has 3 N–H and O–H groups in total. The van der Waals surface area contributed by atoms with E-state index in [4.69, 9.17) is 0 Å². The highest BCUT2D eigenvalue weighted by Gasteiger charge is 2.04. The van der Waals surface area contributed by atoms with Gasteiger partial charge in [-0.15, -0.1) is 24.0 Å². The first kappa shape index (κ1) is 22.3. The van der Waals surface area contributed by atoms with Crippen molar-refractivity contribution in [2.45, 2.75) is 6.42 Å². The van der Waals surface area contributed by atoms with Gasteiger partial charge in [0, 0.05) is 32.2 Å². The normalized spacial score (nSPS) is 10.7. The Balaban J connectivity index is 0.00000300. The van der Waals surface area contributed by atoms with Crippen molar-refractivity contribution in [2.24, 2.45) is 4.99 Å². The Kier molecular flexibility index (Phi) is 9.09. The molecule has 0 aliphatic carbocycles. The molecule has 8 nitrogen and oxygen atoms in total. The third kappa shape index (κ3) is 7.18. The molecule has 3 aromatic rings. The lowest BCUT2D eigenvalue weighted by atomic mass is 10.1. The number of aliphatic imine (C=N–C) groups is 1. The molecule has 29 heavy (non-hydrogen) atoms. The second-order valence-electron chi connectivity index (χ2n) is 6.01. The number of nitrogens with one attached hydrogen (secondary N) is 3. The number of hydrogen-bond acceptors (Lipinski definition) is 4. The van der Waals surface area contributed by atoms with Crippen molar-refractivity contribution in [2.75, 3.05) is 25.5 Å². The summed E-state index contributed by atoms with van der Waals surface area (Å²) in [7, 11) is 1.67. The maximum absolute atomic E-state index is 12.0. The highest BCUT2D eigenvalue weighted by molar-refractivity contribution is 14.0. The van der Waals surface area contributed by atoms with Crippen molar-refractivity contribution in [3.63, 3.8) is 0 Å². The maximum atomic E-state index is 12.0. The lowest BCUT2D eigenvalue weighted by Crippen LogP contribution is -2.42. The predicted molar refractivity (Wildman–Crippen MR) is 125 cm³/mol. The highest BCUT2D eigenvalue weighted by atomic mass is 127. The number of anilines is 1. The van der Waals surface area contributed by atoms with Crippen LogP contribution < -0.4 is 16.0 Å². The van der Waals surface area contributed by atoms with Crippen molar-refractivity contribution in [3.8, 4) is 5.69 Å². The van der Waals surface area contributed by atoms with Crippen molar-refractivity contribution in [3.05, 3.63) is 72.8 Å². The average Bonchev–Trinajstić information content (AvgIpc) is 3.26. The molecule has 2 aromatic heterocycles. The number of carbonyl (C=O) groups excluding carboxylic acids is 1. The van der Waals surface area contributed by atoms with E-state index >= 15 is 0 Å². The number of benzene rings is 1. The molecule has 0 bridgehead atoms. The lowest BCUT2D eigenvalue weighted by molar-refractivity contribution is -0.115. The van der Waals surface area contributed by atoms with Crippen LogP contribution in [0.15, 0.2) is 72.2 Å². The van der Waals surface area contributed by atoms with Gasteiger partial charge >= 0.3 is 0 Å². The van der Waals surface area contributed by atoms with Gasteiger partial charge in [0.1, 0.15) is 0 Å². The zero-order valence-corrected chi connectivity index (χ0v) is 18.4. The molecule has 0 spiro atoms. The van der Waals surface area contributed by atoms with Gasteiger partial charge in [-0.1, -0.05) is 12.1 Å². The number of halogens is 1. The van der Waals surface area contributed by atoms with Crippen molar-refractivity contribution in [1.29, 1.82) is 0 Å². The molecule has 0 saturated carbocycles. The van der Waals surface area contributed by atoms with Crippen LogP contribution in [0.5, 0.6) is 0 Å². The Morgan fingerprint density at radius 2 is 1.93 bits per heavy atom. The Morgan fingerprint density at radius 3 is 2.59 bits per heavy atom. The zero-order chi connectivity index (χ0) is 19.6. The highest BCUT2D eigenvalue weighted by Crippen LogP contribution is 2.08. The minimum atomic E-state index is -0.162. The standard InChI is InChI=1S/C20H23N7O.HI/c1-21-20(24-15-19(28)26-17-4-2-10-22-14-17)23-12-9-16-5-7-18(8-6-16)27-13-3-11-25-27;/h2-8,10-11,13-14H,9,12,15H2,1H3,(H,26,28)(H2,21,23,24);1H. The van der Waals surface area contributed by atoms with E-state index in [9.17, 15) is 4.79 Å². The monoisotopic (exact) mass is 505 g/mol. The van der Waals surface area contributed by atoms with Gasteiger partial charge in [-0.2, -0.15) is 5.10 Å². The number of rotatable bonds is 7. The summed E-state index contributed by atoms with van der Waals surface area (Å²) >= 11 is 0. The van der Waals surface area contributed by atoms with Gasteiger partial charge < -0.3 is 16.0 Å². The Bertz CT molecular complexity index is 896. The predicted octanol–water partition coefficient (Wildman–Crippen LogP) is 2.23. The number of nitrogens with zero attached hydrogens (tertiary/aromatic N) is 4. The van der Waals surface area contributed by atoms with Crippen LogP contribution in [-0.2, 0) is 11.2 Å². The van der Waals surface area contributed by atoms with Crippen LogP contribution in [0.1, 0.15) is 5.56 Å². The first-order valence-electron chi connectivity index (χ1n) is 8.98. The van der Waals surface area contributed by atoms with E-state index in [1.807, 2.05) is 29.1 Å². The minimum Gasteiger partial charge on any atom is -0.356 e. The number of guanidine groups is 1. The molecule has 0 saturated heterocycles. The Hall–Kier alpha value is -2.95. The number of pyridine rings is 1. The Morgan fingerprint density at radius 1 is 1.10 bits per heavy atom. The van der Waals surface area contributed by atoms with Gasteiger partial charge in [-0.25, -0.2) is 4.68 Å². The van der Waals surface area contributed by atoms with Crippen LogP contribution >= 0.6 is 24.0 Å². The van der Waals surface area contributed by atoms with Crippen LogP contribution in [0.2, 0.25) is 0 Å². The van der Waals surface area contributed by atoms with Crippen LogP contribution in [0.25, 0.3) is 5.69 Å². The molecular formula is C20H24IN7O. The molecule has 1 aromatic carbocycles. The van der Waals surface area contributed by atoms with Crippen molar-refractivity contribution >= 4 is 41.5 Å². The molecule has 1 amide bonds. The fraction of sp³-hybridized carbons (Fsp3) is 0.200. The summed E-state index contributed by atoms with van der Waals surface area (Å²) < 4.78 is 1.82. The first-order chi connectivity index (χ1) is 13.7. The van der Waals surface area contributed by atoms with Gasteiger partial charge in [0.15, 0.2) is 5.96 Å². The van der Waals surface area contributed by atoms with Crippen molar-refractivity contribution < 1.29 is 4.79 Å². The first-order valence-corrected chi connectivity index (χ1v) is 8.98. The molecule has 0 unspecified atom stereocenters. The summed E-state index contributed by atoms with van der Waals surface area (Å²) in [5.41, 5.74) is 2.89. The molecule has 0 atom stereocenters. The van der Waals surface area contributed by atoms with E-state index in [0.29, 0.717) is 18.2 Å². The molecule has 152 valence electrons. The quantitative estimate of drug-likeness (QED) is 0.260. The summed E-state index contributed by atoms with van der Waals surface area (Å²) in [6, 6.07) is 13.7. The summed E-state index contributed by atoms with van der Waals surface area (Å²) in [6.45, 7) is 0.818. The molecule has 0 aliphatic heterocycles. The van der Waals surface area contributed by atoms with Crippen LogP contribution in [0, 0.1) is 0 Å². The number of hydrogen-bond donors (Lipinski definition) is 3. The van der Waals surface area contributed by atoms with Gasteiger partial charge in [-0.05, 0) is 42.3 Å². The molecule has 2 heterocycles. The maximum Gasteiger partial charge on any atom is 0.243 e. The SMILES string of the molecule is CN=C(NCCc1ccc(-n2cccn2)cc1)NCC(=O)Nc1cccnc1.I.